The Morgan fingerprint density at radius 1 is 0.425 bits per heavy atom. The zero-order valence-corrected chi connectivity index (χ0v) is 48.3. The van der Waals surface area contributed by atoms with Crippen molar-refractivity contribution in [1.82, 2.24) is 5.32 Å². The lowest BCUT2D eigenvalue weighted by Crippen LogP contribution is -2.60. The second-order valence-electron chi connectivity index (χ2n) is 23.1. The predicted molar refractivity (Wildman–Crippen MR) is 306 cm³/mol. The maximum atomic E-state index is 13.1. The van der Waals surface area contributed by atoms with E-state index >= 15 is 0 Å². The number of unbranched alkanes of at least 4 members (excludes halogenated alkanes) is 46. The summed E-state index contributed by atoms with van der Waals surface area (Å²) in [4.78, 5) is 13.1. The van der Waals surface area contributed by atoms with Crippen molar-refractivity contribution in [3.63, 3.8) is 0 Å². The summed E-state index contributed by atoms with van der Waals surface area (Å²) in [5.41, 5.74) is 0. The minimum absolute atomic E-state index is 0.249. The first-order valence-corrected chi connectivity index (χ1v) is 32.3. The van der Waals surface area contributed by atoms with Crippen molar-refractivity contribution in [3.05, 3.63) is 0 Å². The highest BCUT2D eigenvalue weighted by Gasteiger charge is 2.44. The van der Waals surface area contributed by atoms with Gasteiger partial charge in [0.2, 0.25) is 5.91 Å². The molecule has 0 aromatic carbocycles. The van der Waals surface area contributed by atoms with Gasteiger partial charge in [-0.2, -0.15) is 0 Å². The van der Waals surface area contributed by atoms with Crippen molar-refractivity contribution in [2.45, 2.75) is 384 Å². The van der Waals surface area contributed by atoms with Gasteiger partial charge in [0.25, 0.3) is 0 Å². The first-order valence-electron chi connectivity index (χ1n) is 32.3. The van der Waals surface area contributed by atoms with Crippen molar-refractivity contribution in [1.29, 1.82) is 0 Å². The van der Waals surface area contributed by atoms with Crippen molar-refractivity contribution in [2.24, 2.45) is 0 Å². The molecular formula is C63H125NO9. The normalized spacial score (nSPS) is 19.4. The number of carbonyl (C=O) groups excluding carboxylic acids is 1. The Bertz CT molecular complexity index is 1130. The molecule has 0 aliphatic carbocycles. The van der Waals surface area contributed by atoms with Crippen LogP contribution in [0.5, 0.6) is 0 Å². The lowest BCUT2D eigenvalue weighted by atomic mass is 9.98. The number of aliphatic hydroxyl groups excluding tert-OH is 6. The van der Waals surface area contributed by atoms with Crippen LogP contribution < -0.4 is 5.32 Å². The molecule has 1 fully saturated rings. The molecule has 0 spiro atoms. The average Bonchev–Trinajstić information content (AvgIpc) is 3.39. The summed E-state index contributed by atoms with van der Waals surface area (Å²) >= 11 is 0. The zero-order valence-electron chi connectivity index (χ0n) is 48.3. The fraction of sp³-hybridized carbons (Fsp3) is 0.984. The van der Waals surface area contributed by atoms with E-state index in [0.29, 0.717) is 6.42 Å². The lowest BCUT2D eigenvalue weighted by Gasteiger charge is -2.40. The molecule has 8 atom stereocenters. The molecule has 2 unspecified atom stereocenters. The fourth-order valence-electron chi connectivity index (χ4n) is 10.9. The maximum Gasteiger partial charge on any atom is 0.220 e. The van der Waals surface area contributed by atoms with Crippen LogP contribution in [0.3, 0.4) is 0 Å². The number of ether oxygens (including phenoxy) is 2. The Balaban J connectivity index is 2.08. The standard InChI is InChI=1S/C63H125NO9/c1-3-5-7-9-11-13-15-17-18-19-20-21-22-23-24-25-26-27-28-29-30-31-32-33-34-35-36-37-38-40-42-44-46-48-50-52-58(67)64-55(54-72-63-62(71)61(70)60(69)57(53-65)73-63)59(68)56(66)51-49-47-45-43-41-39-16-14-12-10-8-6-4-2/h55-57,59-63,65-66,68-71H,3-54H2,1-2H3,(H,64,67)/t55-,56+,57+,59-,60-,61?,62?,63+/m0/s1. The predicted octanol–water partition coefficient (Wildman–Crippen LogP) is 15.6. The number of rotatable bonds is 57. The molecule has 0 aromatic heterocycles. The lowest BCUT2D eigenvalue weighted by molar-refractivity contribution is -0.303. The van der Waals surface area contributed by atoms with Crippen LogP contribution in [0, 0.1) is 0 Å². The van der Waals surface area contributed by atoms with Crippen molar-refractivity contribution < 1.29 is 44.9 Å². The van der Waals surface area contributed by atoms with Gasteiger partial charge < -0.3 is 45.4 Å². The molecule has 1 saturated heterocycles. The summed E-state index contributed by atoms with van der Waals surface area (Å²) in [5.74, 6) is -0.249. The van der Waals surface area contributed by atoms with E-state index in [4.69, 9.17) is 9.47 Å². The zero-order chi connectivity index (χ0) is 53.1. The van der Waals surface area contributed by atoms with Gasteiger partial charge in [0.05, 0.1) is 25.4 Å². The Morgan fingerprint density at radius 3 is 1.01 bits per heavy atom. The van der Waals surface area contributed by atoms with Crippen LogP contribution in [0.25, 0.3) is 0 Å². The molecule has 10 nitrogen and oxygen atoms in total. The maximum absolute atomic E-state index is 13.1. The van der Waals surface area contributed by atoms with Crippen LogP contribution in [-0.4, -0.2) is 98.7 Å². The summed E-state index contributed by atoms with van der Waals surface area (Å²) in [6, 6.07) is -0.986. The topological polar surface area (TPSA) is 169 Å². The molecule has 73 heavy (non-hydrogen) atoms. The number of nitrogens with one attached hydrogen (secondary N) is 1. The summed E-state index contributed by atoms with van der Waals surface area (Å²) in [7, 11) is 0. The molecule has 0 saturated carbocycles. The van der Waals surface area contributed by atoms with Crippen LogP contribution in [0.4, 0.5) is 0 Å². The van der Waals surface area contributed by atoms with Gasteiger partial charge in [-0.05, 0) is 12.8 Å². The highest BCUT2D eigenvalue weighted by atomic mass is 16.7. The van der Waals surface area contributed by atoms with E-state index in [1.54, 1.807) is 0 Å². The van der Waals surface area contributed by atoms with E-state index < -0.39 is 55.6 Å². The van der Waals surface area contributed by atoms with Gasteiger partial charge in [-0.1, -0.05) is 316 Å². The number of carbonyl (C=O) groups is 1. The van der Waals surface area contributed by atoms with Gasteiger partial charge >= 0.3 is 0 Å². The molecule has 436 valence electrons. The van der Waals surface area contributed by atoms with Crippen LogP contribution in [0.1, 0.15) is 335 Å². The second kappa shape index (κ2) is 53.2. The third kappa shape index (κ3) is 41.9. The Hall–Kier alpha value is -0.850. The Labute approximate surface area is 451 Å². The highest BCUT2D eigenvalue weighted by Crippen LogP contribution is 2.24. The summed E-state index contributed by atoms with van der Waals surface area (Å²) < 4.78 is 11.2. The van der Waals surface area contributed by atoms with Crippen molar-refractivity contribution in [2.75, 3.05) is 13.2 Å². The van der Waals surface area contributed by atoms with Gasteiger partial charge in [-0.3, -0.25) is 4.79 Å². The Kier molecular flexibility index (Phi) is 51.1. The third-order valence-electron chi connectivity index (χ3n) is 16.1. The minimum atomic E-state index is -1.60. The van der Waals surface area contributed by atoms with E-state index in [9.17, 15) is 35.4 Å². The monoisotopic (exact) mass is 1040 g/mol. The van der Waals surface area contributed by atoms with E-state index in [1.807, 2.05) is 0 Å². The van der Waals surface area contributed by atoms with Crippen molar-refractivity contribution in [3.8, 4) is 0 Å². The molecule has 0 radical (unpaired) electrons. The van der Waals surface area contributed by atoms with Crippen LogP contribution in [0.15, 0.2) is 0 Å². The van der Waals surface area contributed by atoms with Gasteiger partial charge in [0.15, 0.2) is 6.29 Å². The Morgan fingerprint density at radius 2 is 0.712 bits per heavy atom. The quantitative estimate of drug-likeness (QED) is 0.0293. The van der Waals surface area contributed by atoms with E-state index in [2.05, 4.69) is 19.2 Å². The van der Waals surface area contributed by atoms with Crippen LogP contribution in [0.2, 0.25) is 0 Å². The van der Waals surface area contributed by atoms with E-state index in [-0.39, 0.29) is 18.9 Å². The number of aliphatic hydroxyl groups is 6. The third-order valence-corrected chi connectivity index (χ3v) is 16.1. The SMILES string of the molecule is CCCCCCCCCCCCCCCCCCCCCCCCCCCCCCCCCCCCCC(=O)N[C@@H](CO[C@@H]1O[C@H](CO)[C@H](O)C(O)C1O)[C@H](O)[C@H](O)CCCCCCCCCCCCCCC. The van der Waals surface area contributed by atoms with Crippen LogP contribution in [-0.2, 0) is 14.3 Å². The average molecular weight is 1040 g/mol. The summed E-state index contributed by atoms with van der Waals surface area (Å²) in [5, 5.41) is 65.6. The van der Waals surface area contributed by atoms with Gasteiger partial charge in [-0.15, -0.1) is 0 Å². The molecular weight excluding hydrogens is 915 g/mol. The molecule has 10 heteroatoms. The first-order chi connectivity index (χ1) is 35.8. The molecule has 1 heterocycles. The minimum Gasteiger partial charge on any atom is -0.394 e. The molecule has 0 aromatic rings. The van der Waals surface area contributed by atoms with Crippen molar-refractivity contribution >= 4 is 5.91 Å². The molecule has 1 amide bonds. The molecule has 1 rings (SSSR count). The second-order valence-corrected chi connectivity index (χ2v) is 23.1. The number of amides is 1. The molecule has 1 aliphatic rings. The van der Waals surface area contributed by atoms with Gasteiger partial charge in [0.1, 0.15) is 30.5 Å². The summed E-state index contributed by atoms with van der Waals surface area (Å²) in [6.07, 6.45) is 54.5. The van der Waals surface area contributed by atoms with E-state index in [0.717, 1.165) is 38.5 Å². The largest absolute Gasteiger partial charge is 0.394 e. The molecule has 0 bridgehead atoms. The number of hydrogen-bond acceptors (Lipinski definition) is 9. The highest BCUT2D eigenvalue weighted by molar-refractivity contribution is 5.76. The molecule has 7 N–H and O–H groups in total. The van der Waals surface area contributed by atoms with Gasteiger partial charge in [0, 0.05) is 6.42 Å². The fourth-order valence-corrected chi connectivity index (χ4v) is 10.9. The van der Waals surface area contributed by atoms with Gasteiger partial charge in [-0.25, -0.2) is 0 Å². The first kappa shape index (κ1) is 70.2. The van der Waals surface area contributed by atoms with E-state index in [1.165, 1.54) is 270 Å². The van der Waals surface area contributed by atoms with Crippen LogP contribution >= 0.6 is 0 Å². The summed E-state index contributed by atoms with van der Waals surface area (Å²) in [6.45, 7) is 3.66. The molecule has 1 aliphatic heterocycles. The smallest absolute Gasteiger partial charge is 0.220 e. The number of hydrogen-bond donors (Lipinski definition) is 7.